The molecule has 4 rings (SSSR count). The van der Waals surface area contributed by atoms with Crippen LogP contribution in [-0.4, -0.2) is 30.6 Å². The molecule has 0 saturated heterocycles. The first-order valence-electron chi connectivity index (χ1n) is 13.3. The molecule has 0 radical (unpaired) electrons. The maximum atomic E-state index is 13.2. The fraction of sp³-hybridized carbons (Fsp3) is 0.484. The smallest absolute Gasteiger partial charge is 0.411 e. The average Bonchev–Trinajstić information content (AvgIpc) is 2.83. The van der Waals surface area contributed by atoms with E-state index in [1.54, 1.807) is 37.5 Å². The highest BCUT2D eigenvalue weighted by Gasteiger charge is 2.33. The van der Waals surface area contributed by atoms with Crippen molar-refractivity contribution < 1.29 is 19.1 Å². The quantitative estimate of drug-likeness (QED) is 0.332. The monoisotopic (exact) mass is 504 g/mol. The molecule has 198 valence electrons. The molecule has 2 N–H and O–H groups in total. The zero-order valence-corrected chi connectivity index (χ0v) is 22.9. The standard InChI is InChI=1S/C31H40N2O4/c1-19(2)25-14-7-20(3)15-29(25)37-30(35)32-23-11-8-21(9-12-23)28(34)17-27-26-16-24(36-6)13-10-22(26)18-31(4,5)33-27/h8-13,16-17,19-20,25,29,33H,7,14-15,18H2,1-6H3,(H,32,35)/b27-17-/t20-,25+,29-/m0/s1. The molecule has 0 aromatic heterocycles. The number of methoxy groups -OCH3 is 1. The van der Waals surface area contributed by atoms with Gasteiger partial charge < -0.3 is 14.8 Å². The van der Waals surface area contributed by atoms with Crippen LogP contribution in [0.2, 0.25) is 0 Å². The highest BCUT2D eigenvalue weighted by molar-refractivity contribution is 6.09. The second-order valence-corrected chi connectivity index (χ2v) is 11.6. The van der Waals surface area contributed by atoms with Crippen LogP contribution in [0, 0.1) is 17.8 Å². The van der Waals surface area contributed by atoms with Crippen molar-refractivity contribution in [1.82, 2.24) is 5.32 Å². The van der Waals surface area contributed by atoms with E-state index < -0.39 is 6.09 Å². The summed E-state index contributed by atoms with van der Waals surface area (Å²) < 4.78 is 11.2. The second kappa shape index (κ2) is 11.0. The third-order valence-electron chi connectivity index (χ3n) is 7.62. The van der Waals surface area contributed by atoms with Gasteiger partial charge in [0.15, 0.2) is 5.78 Å². The van der Waals surface area contributed by atoms with E-state index in [0.29, 0.717) is 29.0 Å². The minimum atomic E-state index is -0.440. The molecule has 2 aliphatic rings. The van der Waals surface area contributed by atoms with Crippen molar-refractivity contribution in [2.45, 2.75) is 71.9 Å². The summed E-state index contributed by atoms with van der Waals surface area (Å²) in [5.74, 6) is 2.06. The molecule has 1 aliphatic carbocycles. The average molecular weight is 505 g/mol. The summed E-state index contributed by atoms with van der Waals surface area (Å²) >= 11 is 0. The Kier molecular flexibility index (Phi) is 7.96. The molecule has 0 bridgehead atoms. The predicted octanol–water partition coefficient (Wildman–Crippen LogP) is 6.85. The number of ketones is 1. The van der Waals surface area contributed by atoms with Gasteiger partial charge in [-0.3, -0.25) is 10.1 Å². The van der Waals surface area contributed by atoms with Gasteiger partial charge in [-0.15, -0.1) is 0 Å². The molecule has 6 nitrogen and oxygen atoms in total. The van der Waals surface area contributed by atoms with E-state index in [2.05, 4.69) is 51.3 Å². The van der Waals surface area contributed by atoms with Crippen LogP contribution in [0.3, 0.4) is 0 Å². The van der Waals surface area contributed by atoms with Crippen molar-refractivity contribution >= 4 is 23.3 Å². The number of rotatable bonds is 6. The minimum absolute atomic E-state index is 0.0648. The third kappa shape index (κ3) is 6.54. The molecule has 1 fully saturated rings. The van der Waals surface area contributed by atoms with Gasteiger partial charge in [0.2, 0.25) is 0 Å². The third-order valence-corrected chi connectivity index (χ3v) is 7.62. The van der Waals surface area contributed by atoms with Gasteiger partial charge in [0.25, 0.3) is 0 Å². The Bertz CT molecular complexity index is 1170. The highest BCUT2D eigenvalue weighted by atomic mass is 16.6. The first-order valence-corrected chi connectivity index (χ1v) is 13.3. The topological polar surface area (TPSA) is 76.7 Å². The predicted molar refractivity (Wildman–Crippen MR) is 148 cm³/mol. The van der Waals surface area contributed by atoms with E-state index in [1.165, 1.54) is 12.0 Å². The molecule has 3 atom stereocenters. The molecular weight excluding hydrogens is 464 g/mol. The summed E-state index contributed by atoms with van der Waals surface area (Å²) in [4.78, 5) is 25.8. The molecule has 1 aliphatic heterocycles. The lowest BCUT2D eigenvalue weighted by Gasteiger charge is -2.36. The van der Waals surface area contributed by atoms with Crippen LogP contribution in [0.15, 0.2) is 48.5 Å². The van der Waals surface area contributed by atoms with Gasteiger partial charge in [-0.05, 0) is 92.8 Å². The summed E-state index contributed by atoms with van der Waals surface area (Å²) in [6.07, 6.45) is 5.17. The zero-order chi connectivity index (χ0) is 26.7. The zero-order valence-electron chi connectivity index (χ0n) is 22.9. The fourth-order valence-corrected chi connectivity index (χ4v) is 5.62. The molecule has 37 heavy (non-hydrogen) atoms. The highest BCUT2D eigenvalue weighted by Crippen LogP contribution is 2.36. The number of carbonyl (C=O) groups excluding carboxylic acids is 2. The molecule has 6 heteroatoms. The summed E-state index contributed by atoms with van der Waals surface area (Å²) in [6, 6.07) is 12.9. The number of nitrogens with one attached hydrogen (secondary N) is 2. The Labute approximate surface area is 220 Å². The van der Waals surface area contributed by atoms with E-state index in [4.69, 9.17) is 9.47 Å². The Morgan fingerprint density at radius 3 is 2.51 bits per heavy atom. The van der Waals surface area contributed by atoms with Crippen LogP contribution < -0.4 is 15.4 Å². The molecule has 2 aromatic rings. The minimum Gasteiger partial charge on any atom is -0.497 e. The summed E-state index contributed by atoms with van der Waals surface area (Å²) in [5, 5.41) is 6.34. The van der Waals surface area contributed by atoms with Crippen molar-refractivity contribution in [3.8, 4) is 5.75 Å². The number of ether oxygens (including phenoxy) is 2. The van der Waals surface area contributed by atoms with Crippen LogP contribution in [-0.2, 0) is 11.2 Å². The van der Waals surface area contributed by atoms with E-state index in [1.807, 2.05) is 12.1 Å². The second-order valence-electron chi connectivity index (χ2n) is 11.6. The van der Waals surface area contributed by atoms with Crippen molar-refractivity contribution in [2.24, 2.45) is 17.8 Å². The normalized spacial score (nSPS) is 23.6. The van der Waals surface area contributed by atoms with Crippen molar-refractivity contribution in [3.63, 3.8) is 0 Å². The summed E-state index contributed by atoms with van der Waals surface area (Å²) in [5.41, 5.74) is 3.90. The van der Waals surface area contributed by atoms with Gasteiger partial charge in [0, 0.05) is 34.1 Å². The van der Waals surface area contributed by atoms with Gasteiger partial charge in [-0.25, -0.2) is 4.79 Å². The first-order chi connectivity index (χ1) is 17.5. The molecule has 0 unspecified atom stereocenters. The van der Waals surface area contributed by atoms with Crippen LogP contribution in [0.25, 0.3) is 5.70 Å². The number of fused-ring (bicyclic) bond motifs is 1. The van der Waals surface area contributed by atoms with Crippen molar-refractivity contribution in [1.29, 1.82) is 0 Å². The van der Waals surface area contributed by atoms with E-state index >= 15 is 0 Å². The van der Waals surface area contributed by atoms with Crippen molar-refractivity contribution in [2.75, 3.05) is 12.4 Å². The lowest BCUT2D eigenvalue weighted by atomic mass is 9.75. The first kappa shape index (κ1) is 26.8. The Balaban J connectivity index is 1.44. The lowest BCUT2D eigenvalue weighted by Crippen LogP contribution is -2.43. The van der Waals surface area contributed by atoms with Crippen LogP contribution in [0.1, 0.15) is 75.4 Å². The summed E-state index contributed by atoms with van der Waals surface area (Å²) in [6.45, 7) is 10.8. The van der Waals surface area contributed by atoms with Crippen LogP contribution >= 0.6 is 0 Å². The maximum Gasteiger partial charge on any atom is 0.411 e. The van der Waals surface area contributed by atoms with Gasteiger partial charge >= 0.3 is 6.09 Å². The van der Waals surface area contributed by atoms with Gasteiger partial charge in [0.1, 0.15) is 11.9 Å². The van der Waals surface area contributed by atoms with Gasteiger partial charge in [0.05, 0.1) is 7.11 Å². The number of allylic oxidation sites excluding steroid dienone is 1. The molecule has 1 saturated carbocycles. The number of benzene rings is 2. The number of hydrogen-bond acceptors (Lipinski definition) is 5. The van der Waals surface area contributed by atoms with Crippen LogP contribution in [0.5, 0.6) is 5.75 Å². The Morgan fingerprint density at radius 2 is 1.84 bits per heavy atom. The maximum absolute atomic E-state index is 13.2. The van der Waals surface area contributed by atoms with Gasteiger partial charge in [-0.2, -0.15) is 0 Å². The van der Waals surface area contributed by atoms with Crippen molar-refractivity contribution in [3.05, 3.63) is 65.2 Å². The SMILES string of the molecule is COc1ccc2c(c1)/C(=C/C(=O)c1ccc(NC(=O)O[C@H]3C[C@@H](C)CC[C@@H]3C(C)C)cc1)NC(C)(C)C2. The molecule has 1 amide bonds. The molecule has 0 spiro atoms. The van der Waals surface area contributed by atoms with E-state index in [0.717, 1.165) is 36.3 Å². The summed E-state index contributed by atoms with van der Waals surface area (Å²) in [7, 11) is 1.64. The number of amides is 1. The lowest BCUT2D eigenvalue weighted by molar-refractivity contribution is 0.0126. The fourth-order valence-electron chi connectivity index (χ4n) is 5.62. The molecule has 1 heterocycles. The van der Waals surface area contributed by atoms with Crippen LogP contribution in [0.4, 0.5) is 10.5 Å². The number of hydrogen-bond donors (Lipinski definition) is 2. The number of anilines is 1. The largest absolute Gasteiger partial charge is 0.497 e. The van der Waals surface area contributed by atoms with E-state index in [9.17, 15) is 9.59 Å². The molecule has 2 aromatic carbocycles. The van der Waals surface area contributed by atoms with E-state index in [-0.39, 0.29) is 17.4 Å². The Morgan fingerprint density at radius 1 is 1.11 bits per heavy atom. The number of carbonyl (C=O) groups is 2. The van der Waals surface area contributed by atoms with Gasteiger partial charge in [-0.1, -0.05) is 33.3 Å². The molecular formula is C31H40N2O4. The Hall–Kier alpha value is -3.28.